The fraction of sp³-hybridized carbons (Fsp3) is 0.360. The van der Waals surface area contributed by atoms with Gasteiger partial charge in [0.2, 0.25) is 15.9 Å². The topological polar surface area (TPSA) is 132 Å². The summed E-state index contributed by atoms with van der Waals surface area (Å²) < 4.78 is 47.1. The van der Waals surface area contributed by atoms with Crippen molar-refractivity contribution in [3.63, 3.8) is 0 Å². The van der Waals surface area contributed by atoms with Gasteiger partial charge in [0.15, 0.2) is 0 Å². The van der Waals surface area contributed by atoms with Crippen LogP contribution in [0, 0.1) is 17.7 Å². The minimum absolute atomic E-state index is 0.0517. The van der Waals surface area contributed by atoms with Crippen molar-refractivity contribution < 1.29 is 27.1 Å². The SMILES string of the molecule is CCOC(=O)C(CC(C)C)C(=O)Nc1ccc(Cn2nncc2CNS(=O)(=O)c2ccc(F)cc2)cc1. The number of sulfonamides is 1. The molecule has 0 spiro atoms. The molecule has 37 heavy (non-hydrogen) atoms. The van der Waals surface area contributed by atoms with Crippen molar-refractivity contribution in [1.29, 1.82) is 0 Å². The number of carbonyl (C=O) groups excluding carboxylic acids is 2. The van der Waals surface area contributed by atoms with E-state index >= 15 is 0 Å². The molecule has 0 aliphatic rings. The second-order valence-corrected chi connectivity index (χ2v) is 10.5. The Hall–Kier alpha value is -3.64. The van der Waals surface area contributed by atoms with Gasteiger partial charge >= 0.3 is 5.97 Å². The van der Waals surface area contributed by atoms with E-state index < -0.39 is 33.6 Å². The van der Waals surface area contributed by atoms with Gasteiger partial charge < -0.3 is 10.1 Å². The molecule has 1 heterocycles. The molecule has 0 saturated heterocycles. The van der Waals surface area contributed by atoms with Crippen LogP contribution in [0.3, 0.4) is 0 Å². The maximum Gasteiger partial charge on any atom is 0.318 e. The monoisotopic (exact) mass is 531 g/mol. The van der Waals surface area contributed by atoms with E-state index in [0.29, 0.717) is 24.3 Å². The first-order valence-corrected chi connectivity index (χ1v) is 13.3. The molecule has 0 saturated carbocycles. The molecule has 1 aromatic heterocycles. The zero-order chi connectivity index (χ0) is 27.0. The van der Waals surface area contributed by atoms with Crippen molar-refractivity contribution in [2.24, 2.45) is 11.8 Å². The summed E-state index contributed by atoms with van der Waals surface area (Å²) in [5, 5.41) is 10.6. The van der Waals surface area contributed by atoms with E-state index in [2.05, 4.69) is 20.4 Å². The predicted molar refractivity (Wildman–Crippen MR) is 134 cm³/mol. The van der Waals surface area contributed by atoms with Gasteiger partial charge in [-0.25, -0.2) is 22.2 Å². The lowest BCUT2D eigenvalue weighted by Gasteiger charge is -2.17. The van der Waals surface area contributed by atoms with Gasteiger partial charge in [-0.3, -0.25) is 9.59 Å². The fourth-order valence-corrected chi connectivity index (χ4v) is 4.53. The van der Waals surface area contributed by atoms with Crippen LogP contribution in [0.25, 0.3) is 0 Å². The van der Waals surface area contributed by atoms with Crippen molar-refractivity contribution in [2.45, 2.75) is 45.2 Å². The highest BCUT2D eigenvalue weighted by Gasteiger charge is 2.29. The largest absolute Gasteiger partial charge is 0.465 e. The standard InChI is InChI=1S/C25H30FN5O5S/c1-4-36-25(33)23(13-17(2)3)24(32)29-20-9-5-18(6-10-20)16-31-21(14-27-30-31)15-28-37(34,35)22-11-7-19(26)8-12-22/h5-12,14,17,23,28H,4,13,15-16H2,1-3H3,(H,29,32). The second kappa shape index (κ2) is 12.5. The number of hydrogen-bond acceptors (Lipinski definition) is 7. The maximum absolute atomic E-state index is 13.1. The van der Waals surface area contributed by atoms with E-state index in [1.165, 1.54) is 18.3 Å². The molecule has 2 aromatic carbocycles. The summed E-state index contributed by atoms with van der Waals surface area (Å²) in [4.78, 5) is 24.9. The molecule has 1 amide bonds. The summed E-state index contributed by atoms with van der Waals surface area (Å²) in [6, 6.07) is 11.5. The van der Waals surface area contributed by atoms with Gasteiger partial charge in [0.05, 0.1) is 36.5 Å². The fourth-order valence-electron chi connectivity index (χ4n) is 3.54. The molecule has 0 radical (unpaired) electrons. The van der Waals surface area contributed by atoms with E-state index in [0.717, 1.165) is 17.7 Å². The first-order chi connectivity index (χ1) is 17.6. The van der Waals surface area contributed by atoms with Gasteiger partial charge in [-0.2, -0.15) is 0 Å². The van der Waals surface area contributed by atoms with E-state index in [1.807, 2.05) is 13.8 Å². The van der Waals surface area contributed by atoms with Crippen LogP contribution < -0.4 is 10.0 Å². The van der Waals surface area contributed by atoms with Crippen LogP contribution in [-0.2, 0) is 37.4 Å². The molecule has 198 valence electrons. The van der Waals surface area contributed by atoms with Gasteiger partial charge in [0, 0.05) is 5.69 Å². The zero-order valence-corrected chi connectivity index (χ0v) is 21.7. The minimum atomic E-state index is -3.84. The molecule has 10 nitrogen and oxygen atoms in total. The molecule has 0 aliphatic carbocycles. The minimum Gasteiger partial charge on any atom is -0.465 e. The summed E-state index contributed by atoms with van der Waals surface area (Å²) in [5.74, 6) is -2.25. The molecule has 3 aromatic rings. The molecular weight excluding hydrogens is 501 g/mol. The number of carbonyl (C=O) groups is 2. The number of nitrogens with zero attached hydrogens (tertiary/aromatic N) is 3. The zero-order valence-electron chi connectivity index (χ0n) is 20.8. The van der Waals surface area contributed by atoms with E-state index in [-0.39, 0.29) is 24.0 Å². The highest BCUT2D eigenvalue weighted by Crippen LogP contribution is 2.18. The number of rotatable bonds is 12. The lowest BCUT2D eigenvalue weighted by molar-refractivity contribution is -0.151. The first kappa shape index (κ1) is 27.9. The summed E-state index contributed by atoms with van der Waals surface area (Å²) in [6.45, 7) is 6.00. The molecule has 12 heteroatoms. The average Bonchev–Trinajstić information content (AvgIpc) is 3.29. The van der Waals surface area contributed by atoms with Crippen molar-refractivity contribution in [3.05, 3.63) is 71.8 Å². The molecular formula is C25H30FN5O5S. The Morgan fingerprint density at radius 1 is 1.08 bits per heavy atom. The predicted octanol–water partition coefficient (Wildman–Crippen LogP) is 3.11. The molecule has 1 unspecified atom stereocenters. The van der Waals surface area contributed by atoms with Crippen LogP contribution >= 0.6 is 0 Å². The smallest absolute Gasteiger partial charge is 0.318 e. The van der Waals surface area contributed by atoms with E-state index in [9.17, 15) is 22.4 Å². The Balaban J connectivity index is 1.62. The third-order valence-corrected chi connectivity index (χ3v) is 6.83. The highest BCUT2D eigenvalue weighted by atomic mass is 32.2. The van der Waals surface area contributed by atoms with Gasteiger partial charge in [0.1, 0.15) is 11.7 Å². The first-order valence-electron chi connectivity index (χ1n) is 11.8. The van der Waals surface area contributed by atoms with E-state index in [1.54, 1.807) is 35.9 Å². The third kappa shape index (κ3) is 7.92. The van der Waals surface area contributed by atoms with Crippen LogP contribution in [0.1, 0.15) is 38.4 Å². The van der Waals surface area contributed by atoms with Crippen LogP contribution in [0.5, 0.6) is 0 Å². The number of aromatic nitrogens is 3. The van der Waals surface area contributed by atoms with Crippen LogP contribution in [0.4, 0.5) is 10.1 Å². The molecule has 0 bridgehead atoms. The molecule has 0 fully saturated rings. The quantitative estimate of drug-likeness (QED) is 0.271. The molecule has 0 aliphatic heterocycles. The van der Waals surface area contributed by atoms with Crippen LogP contribution in [0.2, 0.25) is 0 Å². The summed E-state index contributed by atoms with van der Waals surface area (Å²) in [5.41, 5.74) is 1.88. The lowest BCUT2D eigenvalue weighted by Crippen LogP contribution is -2.32. The Morgan fingerprint density at radius 2 is 1.76 bits per heavy atom. The molecule has 3 rings (SSSR count). The summed E-state index contributed by atoms with van der Waals surface area (Å²) >= 11 is 0. The Kier molecular flexibility index (Phi) is 9.48. The number of nitrogens with one attached hydrogen (secondary N) is 2. The maximum atomic E-state index is 13.1. The number of anilines is 1. The lowest BCUT2D eigenvalue weighted by atomic mass is 9.96. The third-order valence-electron chi connectivity index (χ3n) is 5.41. The Bertz CT molecular complexity index is 1310. The number of benzene rings is 2. The van der Waals surface area contributed by atoms with Crippen molar-refractivity contribution >= 4 is 27.6 Å². The molecule has 1 atom stereocenters. The number of halogens is 1. The van der Waals surface area contributed by atoms with Gasteiger partial charge in [-0.1, -0.05) is 31.2 Å². The van der Waals surface area contributed by atoms with Gasteiger partial charge in [0.25, 0.3) is 0 Å². The highest BCUT2D eigenvalue weighted by molar-refractivity contribution is 7.89. The van der Waals surface area contributed by atoms with E-state index in [4.69, 9.17) is 4.74 Å². The number of esters is 1. The van der Waals surface area contributed by atoms with Gasteiger partial charge in [-0.05, 0) is 61.2 Å². The molecule has 2 N–H and O–H groups in total. The summed E-state index contributed by atoms with van der Waals surface area (Å²) in [6.07, 6.45) is 1.83. The Morgan fingerprint density at radius 3 is 2.38 bits per heavy atom. The number of amides is 1. The number of hydrogen-bond donors (Lipinski definition) is 2. The van der Waals surface area contributed by atoms with Crippen LogP contribution in [0.15, 0.2) is 59.6 Å². The van der Waals surface area contributed by atoms with Gasteiger partial charge in [-0.15, -0.1) is 5.10 Å². The average molecular weight is 532 g/mol. The normalized spacial score (nSPS) is 12.4. The number of ether oxygens (including phenoxy) is 1. The Labute approximate surface area is 215 Å². The van der Waals surface area contributed by atoms with Crippen LogP contribution in [-0.4, -0.2) is 41.9 Å². The van der Waals surface area contributed by atoms with Crippen molar-refractivity contribution in [1.82, 2.24) is 19.7 Å². The van der Waals surface area contributed by atoms with Crippen molar-refractivity contribution in [2.75, 3.05) is 11.9 Å². The van der Waals surface area contributed by atoms with Crippen molar-refractivity contribution in [3.8, 4) is 0 Å². The summed E-state index contributed by atoms with van der Waals surface area (Å²) in [7, 11) is -3.84. The second-order valence-electron chi connectivity index (χ2n) is 8.78.